The van der Waals surface area contributed by atoms with Crippen LogP contribution in [0.5, 0.6) is 0 Å². The molecule has 2 heterocycles. The Labute approximate surface area is 109 Å². The maximum atomic E-state index is 8.98. The predicted octanol–water partition coefficient (Wildman–Crippen LogP) is 2.43. The number of rotatable bonds is 2. The average molecular weight is 257 g/mol. The van der Waals surface area contributed by atoms with Crippen LogP contribution >= 0.6 is 11.3 Å². The first kappa shape index (κ1) is 11.1. The molecule has 1 N–H and O–H groups in total. The molecule has 1 aliphatic carbocycles. The molecular weight excluding hydrogens is 246 g/mol. The summed E-state index contributed by atoms with van der Waals surface area (Å²) in [5.74, 6) is 0.478. The van der Waals surface area contributed by atoms with E-state index < -0.39 is 0 Å². The highest BCUT2D eigenvalue weighted by atomic mass is 32.1. The Hall–Kier alpha value is -2.00. The highest BCUT2D eigenvalue weighted by molar-refractivity contribution is 7.15. The van der Waals surface area contributed by atoms with Crippen LogP contribution in [0.1, 0.15) is 29.0 Å². The molecular formula is C12H11N5S. The van der Waals surface area contributed by atoms with E-state index in [-0.39, 0.29) is 0 Å². The van der Waals surface area contributed by atoms with E-state index in [0.717, 1.165) is 18.0 Å². The van der Waals surface area contributed by atoms with Crippen LogP contribution in [0.3, 0.4) is 0 Å². The van der Waals surface area contributed by atoms with Crippen LogP contribution < -0.4 is 5.32 Å². The van der Waals surface area contributed by atoms with Gasteiger partial charge in [-0.25, -0.2) is 4.98 Å². The van der Waals surface area contributed by atoms with Crippen molar-refractivity contribution in [2.24, 2.45) is 0 Å². The van der Waals surface area contributed by atoms with Gasteiger partial charge in [-0.2, -0.15) is 10.4 Å². The third-order valence-corrected chi connectivity index (χ3v) is 3.99. The highest BCUT2D eigenvalue weighted by Crippen LogP contribution is 2.31. The third-order valence-electron chi connectivity index (χ3n) is 2.91. The summed E-state index contributed by atoms with van der Waals surface area (Å²) >= 11 is 1.65. The van der Waals surface area contributed by atoms with E-state index in [2.05, 4.69) is 26.6 Å². The Balaban J connectivity index is 1.88. The van der Waals surface area contributed by atoms with Crippen molar-refractivity contribution in [2.45, 2.75) is 25.7 Å². The zero-order valence-corrected chi connectivity index (χ0v) is 10.5. The molecule has 0 unspecified atom stereocenters. The van der Waals surface area contributed by atoms with Crippen molar-refractivity contribution in [3.05, 3.63) is 28.4 Å². The summed E-state index contributed by atoms with van der Waals surface area (Å²) in [4.78, 5) is 5.90. The van der Waals surface area contributed by atoms with Crippen molar-refractivity contribution in [3.8, 4) is 6.07 Å². The Bertz CT molecular complexity index is 590. The molecule has 90 valence electrons. The van der Waals surface area contributed by atoms with E-state index in [4.69, 9.17) is 5.26 Å². The number of hydrogen-bond acceptors (Lipinski definition) is 6. The maximum Gasteiger partial charge on any atom is 0.188 e. The first-order valence-electron chi connectivity index (χ1n) is 5.84. The van der Waals surface area contributed by atoms with Crippen LogP contribution in [0, 0.1) is 11.3 Å². The van der Waals surface area contributed by atoms with Gasteiger partial charge in [0.25, 0.3) is 0 Å². The van der Waals surface area contributed by atoms with Crippen molar-refractivity contribution >= 4 is 22.3 Å². The molecule has 0 atom stereocenters. The van der Waals surface area contributed by atoms with E-state index >= 15 is 0 Å². The summed E-state index contributed by atoms with van der Waals surface area (Å²) in [6.45, 7) is 0. The third kappa shape index (κ3) is 2.05. The van der Waals surface area contributed by atoms with Gasteiger partial charge in [0.15, 0.2) is 10.9 Å². The van der Waals surface area contributed by atoms with Crippen LogP contribution in [-0.2, 0) is 12.8 Å². The summed E-state index contributed by atoms with van der Waals surface area (Å²) in [7, 11) is 0. The van der Waals surface area contributed by atoms with Crippen molar-refractivity contribution in [2.75, 3.05) is 5.32 Å². The number of anilines is 2. The van der Waals surface area contributed by atoms with Gasteiger partial charge >= 0.3 is 0 Å². The maximum absolute atomic E-state index is 8.98. The van der Waals surface area contributed by atoms with Crippen LogP contribution in [0.25, 0.3) is 0 Å². The van der Waals surface area contributed by atoms with Crippen LogP contribution in [0.15, 0.2) is 12.3 Å². The molecule has 0 bridgehead atoms. The average Bonchev–Trinajstić information content (AvgIpc) is 2.81. The Morgan fingerprint density at radius 2 is 2.22 bits per heavy atom. The summed E-state index contributed by atoms with van der Waals surface area (Å²) < 4.78 is 0. The van der Waals surface area contributed by atoms with Crippen molar-refractivity contribution in [1.29, 1.82) is 5.26 Å². The minimum Gasteiger partial charge on any atom is -0.314 e. The van der Waals surface area contributed by atoms with Crippen LogP contribution in [0.4, 0.5) is 10.9 Å². The highest BCUT2D eigenvalue weighted by Gasteiger charge is 2.16. The Kier molecular flexibility index (Phi) is 2.90. The van der Waals surface area contributed by atoms with E-state index in [9.17, 15) is 0 Å². The second-order valence-corrected chi connectivity index (χ2v) is 5.21. The fourth-order valence-electron chi connectivity index (χ4n) is 2.02. The molecule has 1 aliphatic rings. The second-order valence-electron chi connectivity index (χ2n) is 4.13. The molecule has 2 aromatic rings. The lowest BCUT2D eigenvalue weighted by atomic mass is 10.0. The first-order valence-corrected chi connectivity index (χ1v) is 6.66. The van der Waals surface area contributed by atoms with Gasteiger partial charge < -0.3 is 5.32 Å². The summed E-state index contributed by atoms with van der Waals surface area (Å²) in [6, 6.07) is 3.73. The molecule has 0 saturated carbocycles. The lowest BCUT2D eigenvalue weighted by molar-refractivity contribution is 0.683. The standard InChI is InChI=1S/C12H11N5S/c13-7-8-5-6-14-17-11(8)16-12-15-9-3-1-2-4-10(9)18-12/h5-6H,1-4H2,(H,15,16,17). The van der Waals surface area contributed by atoms with Gasteiger partial charge in [0.1, 0.15) is 6.07 Å². The van der Waals surface area contributed by atoms with Gasteiger partial charge in [-0.05, 0) is 31.7 Å². The lowest BCUT2D eigenvalue weighted by Crippen LogP contribution is -2.00. The Morgan fingerprint density at radius 3 is 3.06 bits per heavy atom. The molecule has 0 saturated heterocycles. The van der Waals surface area contributed by atoms with Gasteiger partial charge in [-0.15, -0.1) is 16.4 Å². The predicted molar refractivity (Wildman–Crippen MR) is 68.8 cm³/mol. The number of fused-ring (bicyclic) bond motifs is 1. The summed E-state index contributed by atoms with van der Waals surface area (Å²) in [6.07, 6.45) is 6.13. The fourth-order valence-corrected chi connectivity index (χ4v) is 3.07. The normalized spacial score (nSPS) is 13.7. The SMILES string of the molecule is N#Cc1ccnnc1Nc1nc2c(s1)CCCC2. The molecule has 0 amide bonds. The molecule has 0 radical (unpaired) electrons. The van der Waals surface area contributed by atoms with Crippen LogP contribution in [0.2, 0.25) is 0 Å². The van der Waals surface area contributed by atoms with Crippen molar-refractivity contribution in [1.82, 2.24) is 15.2 Å². The number of nitriles is 1. The Morgan fingerprint density at radius 1 is 1.33 bits per heavy atom. The smallest absolute Gasteiger partial charge is 0.188 e. The van der Waals surface area contributed by atoms with E-state index in [1.165, 1.54) is 29.6 Å². The van der Waals surface area contributed by atoms with Crippen molar-refractivity contribution in [3.63, 3.8) is 0 Å². The number of thiazole rings is 1. The largest absolute Gasteiger partial charge is 0.314 e. The van der Waals surface area contributed by atoms with E-state index in [0.29, 0.717) is 11.4 Å². The molecule has 18 heavy (non-hydrogen) atoms. The molecule has 3 rings (SSSR count). The van der Waals surface area contributed by atoms with Crippen molar-refractivity contribution < 1.29 is 0 Å². The van der Waals surface area contributed by atoms with E-state index in [1.54, 1.807) is 17.4 Å². The molecule has 0 aliphatic heterocycles. The molecule has 6 heteroatoms. The molecule has 0 aromatic carbocycles. The minimum atomic E-state index is 0.478. The van der Waals surface area contributed by atoms with Gasteiger partial charge in [0, 0.05) is 4.88 Å². The molecule has 0 spiro atoms. The zero-order chi connectivity index (χ0) is 12.4. The monoisotopic (exact) mass is 257 g/mol. The van der Waals surface area contributed by atoms with Gasteiger partial charge in [-0.3, -0.25) is 0 Å². The van der Waals surface area contributed by atoms with Gasteiger partial charge in [0.2, 0.25) is 0 Å². The molecule has 0 fully saturated rings. The summed E-state index contributed by atoms with van der Waals surface area (Å²) in [5, 5.41) is 20.6. The lowest BCUT2D eigenvalue weighted by Gasteiger charge is -2.06. The van der Waals surface area contributed by atoms with Gasteiger partial charge in [-0.1, -0.05) is 0 Å². The molecule has 5 nitrogen and oxygen atoms in total. The number of nitrogens with zero attached hydrogens (tertiary/aromatic N) is 4. The minimum absolute atomic E-state index is 0.478. The second kappa shape index (κ2) is 4.70. The zero-order valence-electron chi connectivity index (χ0n) is 9.68. The number of aromatic nitrogens is 3. The van der Waals surface area contributed by atoms with E-state index in [1.807, 2.05) is 0 Å². The first-order chi connectivity index (χ1) is 8.86. The van der Waals surface area contributed by atoms with Crippen LogP contribution in [-0.4, -0.2) is 15.2 Å². The topological polar surface area (TPSA) is 74.5 Å². The number of aryl methyl sites for hydroxylation is 2. The van der Waals surface area contributed by atoms with Gasteiger partial charge in [0.05, 0.1) is 17.5 Å². The number of hydrogen-bond donors (Lipinski definition) is 1. The fraction of sp³-hybridized carbons (Fsp3) is 0.333. The number of nitrogens with one attached hydrogen (secondary N) is 1. The molecule has 2 aromatic heterocycles. The quantitative estimate of drug-likeness (QED) is 0.894. The summed E-state index contributed by atoms with van der Waals surface area (Å²) in [5.41, 5.74) is 1.68.